The van der Waals surface area contributed by atoms with Gasteiger partial charge in [-0.05, 0) is 37.0 Å². The lowest BCUT2D eigenvalue weighted by atomic mass is 9.91. The van der Waals surface area contributed by atoms with Gasteiger partial charge in [-0.15, -0.1) is 0 Å². The number of hydrogen-bond donors (Lipinski definition) is 1. The summed E-state index contributed by atoms with van der Waals surface area (Å²) >= 11 is 0. The van der Waals surface area contributed by atoms with Crippen molar-refractivity contribution in [2.24, 2.45) is 5.92 Å². The monoisotopic (exact) mass is 298 g/mol. The molecule has 3 rings (SSSR count). The Morgan fingerprint density at radius 2 is 2.10 bits per heavy atom. The molecule has 114 valence electrons. The van der Waals surface area contributed by atoms with Gasteiger partial charge < -0.3 is 10.2 Å². The number of carbonyl (C=O) groups excluding carboxylic acids is 1. The topological polar surface area (TPSA) is 32.3 Å². The largest absolute Gasteiger partial charge is 0.416 e. The Hall–Kier alpha value is -1.56. The van der Waals surface area contributed by atoms with Crippen LogP contribution >= 0.6 is 0 Å². The summed E-state index contributed by atoms with van der Waals surface area (Å²) in [5, 5.41) is 3.26. The van der Waals surface area contributed by atoms with E-state index in [-0.39, 0.29) is 17.5 Å². The van der Waals surface area contributed by atoms with E-state index in [9.17, 15) is 18.0 Å². The lowest BCUT2D eigenvalue weighted by molar-refractivity contribution is -0.137. The average Bonchev–Trinajstić information content (AvgIpc) is 2.94. The third-order valence-corrected chi connectivity index (χ3v) is 4.38. The van der Waals surface area contributed by atoms with Crippen molar-refractivity contribution in [3.05, 3.63) is 35.4 Å². The highest BCUT2D eigenvalue weighted by Gasteiger charge is 2.38. The van der Waals surface area contributed by atoms with E-state index in [1.54, 1.807) is 4.90 Å². The fraction of sp³-hybridized carbons (Fsp3) is 0.533. The number of nitrogens with one attached hydrogen (secondary N) is 1. The zero-order valence-electron chi connectivity index (χ0n) is 11.5. The minimum absolute atomic E-state index is 0.112. The molecule has 2 fully saturated rings. The molecule has 3 nitrogen and oxygen atoms in total. The highest BCUT2D eigenvalue weighted by molar-refractivity contribution is 5.94. The summed E-state index contributed by atoms with van der Waals surface area (Å²) < 4.78 is 38.3. The van der Waals surface area contributed by atoms with Crippen molar-refractivity contribution in [1.82, 2.24) is 10.2 Å². The summed E-state index contributed by atoms with van der Waals surface area (Å²) in [6.07, 6.45) is -2.44. The van der Waals surface area contributed by atoms with Gasteiger partial charge in [-0.1, -0.05) is 6.07 Å². The van der Waals surface area contributed by atoms with Gasteiger partial charge in [0.1, 0.15) is 0 Å². The molecule has 6 heteroatoms. The summed E-state index contributed by atoms with van der Waals surface area (Å²) in [6, 6.07) is 4.82. The van der Waals surface area contributed by atoms with Gasteiger partial charge in [0.2, 0.25) is 0 Å². The van der Waals surface area contributed by atoms with Crippen LogP contribution in [0.25, 0.3) is 0 Å². The Labute approximate surface area is 121 Å². The second-order valence-corrected chi connectivity index (χ2v) is 5.71. The molecule has 2 aliphatic rings. The zero-order valence-corrected chi connectivity index (χ0v) is 11.5. The number of fused-ring (bicyclic) bond motifs is 1. The van der Waals surface area contributed by atoms with E-state index >= 15 is 0 Å². The predicted molar refractivity (Wildman–Crippen MR) is 71.9 cm³/mol. The molecule has 2 saturated heterocycles. The Kier molecular flexibility index (Phi) is 3.65. The van der Waals surface area contributed by atoms with Crippen LogP contribution < -0.4 is 5.32 Å². The van der Waals surface area contributed by atoms with Crippen LogP contribution in [0.5, 0.6) is 0 Å². The molecule has 21 heavy (non-hydrogen) atoms. The molecule has 1 N–H and O–H groups in total. The van der Waals surface area contributed by atoms with Crippen LogP contribution in [-0.4, -0.2) is 36.5 Å². The second-order valence-electron chi connectivity index (χ2n) is 5.71. The predicted octanol–water partition coefficient (Wildman–Crippen LogP) is 2.53. The summed E-state index contributed by atoms with van der Waals surface area (Å²) in [5.74, 6) is 0.132. The van der Waals surface area contributed by atoms with Gasteiger partial charge in [0, 0.05) is 31.2 Å². The summed E-state index contributed by atoms with van der Waals surface area (Å²) in [4.78, 5) is 14.3. The molecule has 1 aromatic rings. The number of amides is 1. The van der Waals surface area contributed by atoms with Gasteiger partial charge in [-0.2, -0.15) is 13.2 Å². The summed E-state index contributed by atoms with van der Waals surface area (Å²) in [6.45, 7) is 2.24. The molecule has 1 aromatic carbocycles. The van der Waals surface area contributed by atoms with Gasteiger partial charge in [0.05, 0.1) is 5.56 Å². The Morgan fingerprint density at radius 3 is 2.86 bits per heavy atom. The average molecular weight is 298 g/mol. The number of rotatable bonds is 1. The van der Waals surface area contributed by atoms with E-state index in [0.717, 1.165) is 38.1 Å². The molecule has 0 radical (unpaired) electrons. The number of alkyl halides is 3. The van der Waals surface area contributed by atoms with Gasteiger partial charge in [-0.25, -0.2) is 0 Å². The van der Waals surface area contributed by atoms with Crippen molar-refractivity contribution in [3.8, 4) is 0 Å². The number of benzene rings is 1. The van der Waals surface area contributed by atoms with Crippen molar-refractivity contribution >= 4 is 5.91 Å². The molecule has 2 unspecified atom stereocenters. The first-order chi connectivity index (χ1) is 9.97. The van der Waals surface area contributed by atoms with E-state index in [1.165, 1.54) is 12.1 Å². The van der Waals surface area contributed by atoms with Gasteiger partial charge in [-0.3, -0.25) is 4.79 Å². The minimum Gasteiger partial charge on any atom is -0.334 e. The highest BCUT2D eigenvalue weighted by atomic mass is 19.4. The van der Waals surface area contributed by atoms with Crippen molar-refractivity contribution in [3.63, 3.8) is 0 Å². The normalized spacial score (nSPS) is 25.8. The number of nitrogens with zero attached hydrogens (tertiary/aromatic N) is 1. The molecule has 2 aliphatic heterocycles. The molecule has 2 atom stereocenters. The quantitative estimate of drug-likeness (QED) is 0.864. The van der Waals surface area contributed by atoms with E-state index in [1.807, 2.05) is 0 Å². The first-order valence-corrected chi connectivity index (χ1v) is 7.16. The molecule has 2 heterocycles. The SMILES string of the molecule is O=C(c1cccc(C(F)(F)F)c1)N1CCCC2CNCC21. The number of hydrogen-bond acceptors (Lipinski definition) is 2. The van der Waals surface area contributed by atoms with Gasteiger partial charge >= 0.3 is 6.18 Å². The number of carbonyl (C=O) groups is 1. The molecular weight excluding hydrogens is 281 g/mol. The molecule has 0 saturated carbocycles. The maximum atomic E-state index is 12.8. The molecule has 0 spiro atoms. The smallest absolute Gasteiger partial charge is 0.334 e. The van der Waals surface area contributed by atoms with Gasteiger partial charge in [0.15, 0.2) is 0 Å². The van der Waals surface area contributed by atoms with E-state index in [4.69, 9.17) is 0 Å². The first kappa shape index (κ1) is 14.4. The van der Waals surface area contributed by atoms with Crippen molar-refractivity contribution in [2.45, 2.75) is 25.1 Å². The fourth-order valence-electron chi connectivity index (χ4n) is 3.31. The standard InChI is InChI=1S/C15H17F3N2O/c16-15(17,18)12-5-1-3-10(7-12)14(21)20-6-2-4-11-8-19-9-13(11)20/h1,3,5,7,11,13,19H,2,4,6,8-9H2. The fourth-order valence-corrected chi connectivity index (χ4v) is 3.31. The van der Waals surface area contributed by atoms with Crippen LogP contribution in [0.1, 0.15) is 28.8 Å². The number of piperidine rings is 1. The third-order valence-electron chi connectivity index (χ3n) is 4.38. The van der Waals surface area contributed by atoms with E-state index in [0.29, 0.717) is 12.5 Å². The van der Waals surface area contributed by atoms with Crippen LogP contribution in [0.15, 0.2) is 24.3 Å². The lowest BCUT2D eigenvalue weighted by Crippen LogP contribution is -2.48. The maximum Gasteiger partial charge on any atom is 0.416 e. The van der Waals surface area contributed by atoms with Crippen LogP contribution in [0, 0.1) is 5.92 Å². The molecule has 1 amide bonds. The number of likely N-dealkylation sites (tertiary alicyclic amines) is 1. The number of halogens is 3. The second kappa shape index (κ2) is 5.33. The molecule has 0 bridgehead atoms. The molecular formula is C15H17F3N2O. The van der Waals surface area contributed by atoms with E-state index < -0.39 is 11.7 Å². The Bertz CT molecular complexity index is 544. The lowest BCUT2D eigenvalue weighted by Gasteiger charge is -2.37. The van der Waals surface area contributed by atoms with E-state index in [2.05, 4.69) is 5.32 Å². The molecule has 0 aromatic heterocycles. The minimum atomic E-state index is -4.42. The zero-order chi connectivity index (χ0) is 15.0. The maximum absolute atomic E-state index is 12.8. The van der Waals surface area contributed by atoms with Gasteiger partial charge in [0.25, 0.3) is 5.91 Å². The van der Waals surface area contributed by atoms with Crippen LogP contribution in [0.3, 0.4) is 0 Å². The van der Waals surface area contributed by atoms with Crippen LogP contribution in [0.4, 0.5) is 13.2 Å². The summed E-state index contributed by atoms with van der Waals surface area (Å²) in [7, 11) is 0. The van der Waals surface area contributed by atoms with Crippen molar-refractivity contribution in [1.29, 1.82) is 0 Å². The highest BCUT2D eigenvalue weighted by Crippen LogP contribution is 2.31. The Balaban J connectivity index is 1.84. The van der Waals surface area contributed by atoms with Crippen LogP contribution in [-0.2, 0) is 6.18 Å². The Morgan fingerprint density at radius 1 is 1.29 bits per heavy atom. The van der Waals surface area contributed by atoms with Crippen molar-refractivity contribution < 1.29 is 18.0 Å². The summed E-state index contributed by atoms with van der Waals surface area (Å²) in [5.41, 5.74) is -0.649. The molecule has 0 aliphatic carbocycles. The van der Waals surface area contributed by atoms with Crippen molar-refractivity contribution in [2.75, 3.05) is 19.6 Å². The third kappa shape index (κ3) is 2.77. The first-order valence-electron chi connectivity index (χ1n) is 7.16. The van der Waals surface area contributed by atoms with Crippen LogP contribution in [0.2, 0.25) is 0 Å².